The molecule has 0 atom stereocenters. The Morgan fingerprint density at radius 3 is 2.73 bits per heavy atom. The van der Waals surface area contributed by atoms with E-state index in [9.17, 15) is 9.59 Å². The van der Waals surface area contributed by atoms with Crippen LogP contribution >= 0.6 is 0 Å². The summed E-state index contributed by atoms with van der Waals surface area (Å²) in [6.07, 6.45) is 5.58. The first kappa shape index (κ1) is 16.0. The molecule has 3 heterocycles. The number of nitrogens with zero attached hydrogens (tertiary/aromatic N) is 2. The monoisotopic (exact) mass is 346 g/mol. The Morgan fingerprint density at radius 1 is 1.04 bits per heavy atom. The predicted octanol–water partition coefficient (Wildman–Crippen LogP) is 2.89. The molecule has 130 valence electrons. The normalized spacial score (nSPS) is 11.0. The van der Waals surface area contributed by atoms with Crippen LogP contribution < -0.4 is 10.6 Å². The van der Waals surface area contributed by atoms with Gasteiger partial charge in [-0.2, -0.15) is 0 Å². The molecule has 26 heavy (non-hydrogen) atoms. The fourth-order valence-electron chi connectivity index (χ4n) is 3.02. The Hall–Kier alpha value is -3.54. The summed E-state index contributed by atoms with van der Waals surface area (Å²) in [7, 11) is 1.61. The van der Waals surface area contributed by atoms with E-state index in [2.05, 4.69) is 10.6 Å². The van der Waals surface area contributed by atoms with Gasteiger partial charge in [0.25, 0.3) is 5.91 Å². The van der Waals surface area contributed by atoms with Crippen molar-refractivity contribution in [2.45, 2.75) is 6.54 Å². The maximum Gasteiger partial charge on any atom is 0.257 e. The van der Waals surface area contributed by atoms with Gasteiger partial charge in [0.1, 0.15) is 6.54 Å². The topological polar surface area (TPSA) is 67.5 Å². The molecule has 0 saturated carbocycles. The first-order valence-corrected chi connectivity index (χ1v) is 8.31. The number of amides is 2. The van der Waals surface area contributed by atoms with E-state index in [1.54, 1.807) is 13.2 Å². The molecular weight excluding hydrogens is 328 g/mol. The van der Waals surface area contributed by atoms with E-state index in [1.165, 1.54) is 0 Å². The number of aromatic nitrogens is 2. The molecule has 0 aliphatic rings. The standard InChI is InChI=1S/C20H18N4O2/c1-21-19(25)13-24-9-7-14-5-6-16(11-18(14)24)22-20(26)15-10-17-4-2-3-8-23(17)12-15/h2-12H,13H2,1H3,(H,21,25)(H,22,26). The summed E-state index contributed by atoms with van der Waals surface area (Å²) >= 11 is 0. The number of carbonyl (C=O) groups is 2. The lowest BCUT2D eigenvalue weighted by molar-refractivity contribution is -0.121. The zero-order valence-electron chi connectivity index (χ0n) is 14.3. The van der Waals surface area contributed by atoms with Crippen molar-refractivity contribution >= 4 is 33.9 Å². The maximum absolute atomic E-state index is 12.6. The molecule has 4 aromatic rings. The minimum atomic E-state index is -0.169. The van der Waals surface area contributed by atoms with Crippen LogP contribution in [-0.4, -0.2) is 27.8 Å². The van der Waals surface area contributed by atoms with Crippen LogP contribution in [0.3, 0.4) is 0 Å². The van der Waals surface area contributed by atoms with E-state index >= 15 is 0 Å². The Morgan fingerprint density at radius 2 is 1.92 bits per heavy atom. The molecule has 0 fully saturated rings. The lowest BCUT2D eigenvalue weighted by Crippen LogP contribution is -2.23. The van der Waals surface area contributed by atoms with Gasteiger partial charge in [0.15, 0.2) is 0 Å². The number of hydrogen-bond donors (Lipinski definition) is 2. The van der Waals surface area contributed by atoms with Gasteiger partial charge in [0.2, 0.25) is 5.91 Å². The number of hydrogen-bond acceptors (Lipinski definition) is 2. The molecule has 0 bridgehead atoms. The molecule has 0 aliphatic carbocycles. The summed E-state index contributed by atoms with van der Waals surface area (Å²) in [5, 5.41) is 6.56. The molecule has 6 nitrogen and oxygen atoms in total. The van der Waals surface area contributed by atoms with Crippen LogP contribution in [0.2, 0.25) is 0 Å². The molecule has 0 spiro atoms. The van der Waals surface area contributed by atoms with E-state index in [0.29, 0.717) is 11.3 Å². The third-order valence-electron chi connectivity index (χ3n) is 4.39. The van der Waals surface area contributed by atoms with Crippen LogP contribution in [0.25, 0.3) is 16.4 Å². The second kappa shape index (κ2) is 6.40. The van der Waals surface area contributed by atoms with E-state index < -0.39 is 0 Å². The highest BCUT2D eigenvalue weighted by Gasteiger charge is 2.11. The minimum absolute atomic E-state index is 0.0718. The average molecular weight is 346 g/mol. The summed E-state index contributed by atoms with van der Waals surface area (Å²) in [5.74, 6) is -0.241. The van der Waals surface area contributed by atoms with Crippen molar-refractivity contribution in [1.82, 2.24) is 14.3 Å². The van der Waals surface area contributed by atoms with E-state index in [1.807, 2.05) is 69.9 Å². The van der Waals surface area contributed by atoms with Crippen LogP contribution in [0.4, 0.5) is 5.69 Å². The summed E-state index contributed by atoms with van der Waals surface area (Å²) in [6, 6.07) is 15.3. The molecule has 0 unspecified atom stereocenters. The number of nitrogens with one attached hydrogen (secondary N) is 2. The fraction of sp³-hybridized carbons (Fsp3) is 0.100. The summed E-state index contributed by atoms with van der Waals surface area (Å²) in [6.45, 7) is 0.238. The SMILES string of the molecule is CNC(=O)Cn1ccc2ccc(NC(=O)c3cc4ccccn4c3)cc21. The number of benzene rings is 1. The lowest BCUT2D eigenvalue weighted by atomic mass is 10.2. The van der Waals surface area contributed by atoms with E-state index in [0.717, 1.165) is 16.4 Å². The Bertz CT molecular complexity index is 1090. The zero-order chi connectivity index (χ0) is 18.1. The number of fused-ring (bicyclic) bond motifs is 2. The lowest BCUT2D eigenvalue weighted by Gasteiger charge is -2.07. The Kier molecular flexibility index (Phi) is 3.93. The molecule has 0 aliphatic heterocycles. The van der Waals surface area contributed by atoms with Crippen molar-refractivity contribution < 1.29 is 9.59 Å². The highest BCUT2D eigenvalue weighted by atomic mass is 16.2. The van der Waals surface area contributed by atoms with Crippen molar-refractivity contribution in [3.05, 3.63) is 72.7 Å². The molecule has 6 heteroatoms. The highest BCUT2D eigenvalue weighted by molar-refractivity contribution is 6.06. The summed E-state index contributed by atoms with van der Waals surface area (Å²) < 4.78 is 3.77. The first-order valence-electron chi connectivity index (χ1n) is 8.31. The predicted molar refractivity (Wildman–Crippen MR) is 101 cm³/mol. The third-order valence-corrected chi connectivity index (χ3v) is 4.39. The number of rotatable bonds is 4. The van der Waals surface area contributed by atoms with Crippen LogP contribution in [0.5, 0.6) is 0 Å². The fourth-order valence-corrected chi connectivity index (χ4v) is 3.02. The quantitative estimate of drug-likeness (QED) is 0.597. The number of pyridine rings is 1. The van der Waals surface area contributed by atoms with Gasteiger partial charge in [0.05, 0.1) is 11.1 Å². The molecule has 1 aromatic carbocycles. The molecule has 0 radical (unpaired) electrons. The van der Waals surface area contributed by atoms with Crippen LogP contribution in [0.1, 0.15) is 10.4 Å². The van der Waals surface area contributed by atoms with Crippen molar-refractivity contribution in [2.75, 3.05) is 12.4 Å². The smallest absolute Gasteiger partial charge is 0.257 e. The first-order chi connectivity index (χ1) is 12.6. The number of carbonyl (C=O) groups excluding carboxylic acids is 2. The van der Waals surface area contributed by atoms with Gasteiger partial charge in [-0.1, -0.05) is 12.1 Å². The van der Waals surface area contributed by atoms with Crippen LogP contribution in [0.15, 0.2) is 67.1 Å². The highest BCUT2D eigenvalue weighted by Crippen LogP contribution is 2.21. The van der Waals surface area contributed by atoms with Gasteiger partial charge in [0, 0.05) is 36.8 Å². The number of anilines is 1. The van der Waals surface area contributed by atoms with Crippen molar-refractivity contribution in [3.8, 4) is 0 Å². The average Bonchev–Trinajstić information content (AvgIpc) is 3.26. The van der Waals surface area contributed by atoms with Gasteiger partial charge >= 0.3 is 0 Å². The largest absolute Gasteiger partial charge is 0.358 e. The van der Waals surface area contributed by atoms with Crippen LogP contribution in [-0.2, 0) is 11.3 Å². The van der Waals surface area contributed by atoms with E-state index in [4.69, 9.17) is 0 Å². The summed E-state index contributed by atoms with van der Waals surface area (Å²) in [4.78, 5) is 24.2. The van der Waals surface area contributed by atoms with E-state index in [-0.39, 0.29) is 18.4 Å². The third kappa shape index (κ3) is 2.93. The zero-order valence-corrected chi connectivity index (χ0v) is 14.3. The van der Waals surface area contributed by atoms with Gasteiger partial charge in [-0.15, -0.1) is 0 Å². The van der Waals surface area contributed by atoms with Gasteiger partial charge < -0.3 is 19.6 Å². The van der Waals surface area contributed by atoms with Gasteiger partial charge in [-0.3, -0.25) is 9.59 Å². The Balaban J connectivity index is 1.60. The maximum atomic E-state index is 12.6. The van der Waals surface area contributed by atoms with Crippen molar-refractivity contribution in [1.29, 1.82) is 0 Å². The molecule has 0 saturated heterocycles. The molecule has 3 aromatic heterocycles. The Labute approximate surface area is 150 Å². The second-order valence-corrected chi connectivity index (χ2v) is 6.11. The van der Waals surface area contributed by atoms with Gasteiger partial charge in [-0.05, 0) is 41.8 Å². The molecule has 2 amide bonds. The minimum Gasteiger partial charge on any atom is -0.358 e. The molecular formula is C20H18N4O2. The molecule has 4 rings (SSSR count). The number of likely N-dealkylation sites (N-methyl/N-ethyl adjacent to an activating group) is 1. The van der Waals surface area contributed by atoms with Crippen molar-refractivity contribution in [3.63, 3.8) is 0 Å². The van der Waals surface area contributed by atoms with Crippen molar-refractivity contribution in [2.24, 2.45) is 0 Å². The second-order valence-electron chi connectivity index (χ2n) is 6.11. The molecule has 2 N–H and O–H groups in total. The van der Waals surface area contributed by atoms with Crippen LogP contribution in [0, 0.1) is 0 Å². The summed E-state index contributed by atoms with van der Waals surface area (Å²) in [5.41, 5.74) is 3.15. The van der Waals surface area contributed by atoms with Gasteiger partial charge in [-0.25, -0.2) is 0 Å².